The van der Waals surface area contributed by atoms with Gasteiger partial charge in [0.25, 0.3) is 5.91 Å². The van der Waals surface area contributed by atoms with Gasteiger partial charge in [0.15, 0.2) is 17.2 Å². The summed E-state index contributed by atoms with van der Waals surface area (Å²) in [5.74, 6) is -0.0497. The van der Waals surface area contributed by atoms with Gasteiger partial charge < -0.3 is 14.1 Å². The van der Waals surface area contributed by atoms with Crippen LogP contribution in [-0.2, 0) is 4.74 Å². The van der Waals surface area contributed by atoms with Gasteiger partial charge in [0.2, 0.25) is 0 Å². The van der Waals surface area contributed by atoms with Crippen LogP contribution in [0.2, 0.25) is 0 Å². The largest absolute Gasteiger partial charge is 0.461 e. The van der Waals surface area contributed by atoms with Gasteiger partial charge in [-0.2, -0.15) is 5.10 Å². The number of hydrogen-bond donors (Lipinski definition) is 1. The molecule has 7 heteroatoms. The number of morpholine rings is 1. The van der Waals surface area contributed by atoms with Gasteiger partial charge in [-0.25, -0.2) is 0 Å². The molecule has 0 bridgehead atoms. The number of rotatable bonds is 4. The van der Waals surface area contributed by atoms with E-state index in [1.807, 2.05) is 24.3 Å². The maximum absolute atomic E-state index is 13.0. The van der Waals surface area contributed by atoms with E-state index in [1.54, 1.807) is 17.0 Å². The average Bonchev–Trinajstić information content (AvgIpc) is 3.31. The van der Waals surface area contributed by atoms with Gasteiger partial charge in [0.05, 0.1) is 31.0 Å². The summed E-state index contributed by atoms with van der Waals surface area (Å²) in [6, 6.07) is 10.4. The Bertz CT molecular complexity index is 900. The zero-order valence-corrected chi connectivity index (χ0v) is 13.5. The van der Waals surface area contributed by atoms with Gasteiger partial charge in [-0.1, -0.05) is 18.2 Å². The molecule has 1 N–H and O–H groups in total. The molecule has 1 aliphatic heterocycles. The number of carbonyl (C=O) groups is 2. The van der Waals surface area contributed by atoms with Crippen molar-refractivity contribution >= 4 is 22.6 Å². The summed E-state index contributed by atoms with van der Waals surface area (Å²) >= 11 is 0. The lowest BCUT2D eigenvalue weighted by atomic mass is 10.1. The zero-order valence-electron chi connectivity index (χ0n) is 13.5. The van der Waals surface area contributed by atoms with E-state index in [-0.39, 0.29) is 24.2 Å². The molecule has 0 saturated carbocycles. The third kappa shape index (κ3) is 2.94. The highest BCUT2D eigenvalue weighted by Gasteiger charge is 2.32. The molecule has 1 unspecified atom stereocenters. The first-order chi connectivity index (χ1) is 12.2. The predicted octanol–water partition coefficient (Wildman–Crippen LogP) is 2.27. The number of H-pyrrole nitrogens is 1. The fourth-order valence-corrected chi connectivity index (χ4v) is 3.11. The predicted molar refractivity (Wildman–Crippen MR) is 89.4 cm³/mol. The number of aromatic nitrogens is 2. The first kappa shape index (κ1) is 15.6. The number of fused-ring (bicyclic) bond motifs is 1. The lowest BCUT2D eigenvalue weighted by Gasteiger charge is -2.34. The molecular weight excluding hydrogens is 322 g/mol. The molecule has 4 rings (SSSR count). The van der Waals surface area contributed by atoms with E-state index >= 15 is 0 Å². The van der Waals surface area contributed by atoms with Crippen LogP contribution in [-0.4, -0.2) is 52.6 Å². The number of ether oxygens (including phenoxy) is 1. The van der Waals surface area contributed by atoms with Gasteiger partial charge in [-0.05, 0) is 18.2 Å². The molecule has 0 radical (unpaired) electrons. The second kappa shape index (κ2) is 6.52. The van der Waals surface area contributed by atoms with E-state index < -0.39 is 0 Å². The van der Waals surface area contributed by atoms with Crippen LogP contribution in [0.3, 0.4) is 0 Å². The summed E-state index contributed by atoms with van der Waals surface area (Å²) in [7, 11) is 0. The van der Waals surface area contributed by atoms with Crippen LogP contribution in [0.5, 0.6) is 0 Å². The normalized spacial score (nSPS) is 17.8. The summed E-state index contributed by atoms with van der Waals surface area (Å²) < 4.78 is 10.6. The molecule has 3 aromatic rings. The Hall–Kier alpha value is -2.93. The molecule has 2 aromatic heterocycles. The van der Waals surface area contributed by atoms with Gasteiger partial charge in [-0.3, -0.25) is 14.7 Å². The summed E-state index contributed by atoms with van der Waals surface area (Å²) in [5, 5.41) is 7.82. The average molecular weight is 339 g/mol. The van der Waals surface area contributed by atoms with Crippen LogP contribution in [0, 0.1) is 0 Å². The molecule has 1 aromatic carbocycles. The number of hydrogen-bond acceptors (Lipinski definition) is 5. The molecule has 3 heterocycles. The summed E-state index contributed by atoms with van der Waals surface area (Å²) in [4.78, 5) is 27.0. The molecule has 7 nitrogen and oxygen atoms in total. The van der Waals surface area contributed by atoms with Crippen LogP contribution in [0.25, 0.3) is 10.9 Å². The Balaban J connectivity index is 1.58. The van der Waals surface area contributed by atoms with Gasteiger partial charge in [0, 0.05) is 18.4 Å². The Morgan fingerprint density at radius 1 is 1.24 bits per heavy atom. The number of amides is 1. The van der Waals surface area contributed by atoms with E-state index in [0.717, 1.165) is 10.9 Å². The van der Waals surface area contributed by atoms with Crippen LogP contribution < -0.4 is 0 Å². The molecule has 1 amide bonds. The molecule has 0 aliphatic carbocycles. The van der Waals surface area contributed by atoms with Crippen molar-refractivity contribution in [2.45, 2.75) is 12.5 Å². The number of Topliss-reactive ketones (excluding diaryl/α,β-unsaturated/α-hetero) is 1. The van der Waals surface area contributed by atoms with Crippen LogP contribution >= 0.6 is 0 Å². The van der Waals surface area contributed by atoms with Gasteiger partial charge in [-0.15, -0.1) is 0 Å². The maximum atomic E-state index is 13.0. The van der Waals surface area contributed by atoms with E-state index in [9.17, 15) is 9.59 Å². The third-order valence-electron chi connectivity index (χ3n) is 4.38. The molecule has 1 fully saturated rings. The van der Waals surface area contributed by atoms with Crippen molar-refractivity contribution in [3.05, 3.63) is 54.1 Å². The fraction of sp³-hybridized carbons (Fsp3) is 0.278. The van der Waals surface area contributed by atoms with E-state index in [0.29, 0.717) is 31.2 Å². The smallest absolute Gasteiger partial charge is 0.275 e. The molecule has 0 spiro atoms. The number of nitrogens with one attached hydrogen (secondary N) is 1. The minimum Gasteiger partial charge on any atom is -0.461 e. The number of nitrogens with zero attached hydrogens (tertiary/aromatic N) is 2. The minimum atomic E-state index is -0.339. The Morgan fingerprint density at radius 3 is 2.96 bits per heavy atom. The van der Waals surface area contributed by atoms with Gasteiger partial charge >= 0.3 is 0 Å². The Labute approximate surface area is 143 Å². The monoisotopic (exact) mass is 339 g/mol. The number of carbonyl (C=O) groups excluding carboxylic acids is 2. The molecule has 25 heavy (non-hydrogen) atoms. The van der Waals surface area contributed by atoms with Crippen molar-refractivity contribution in [1.29, 1.82) is 0 Å². The molecular formula is C18H17N3O4. The van der Waals surface area contributed by atoms with Crippen LogP contribution in [0.4, 0.5) is 0 Å². The highest BCUT2D eigenvalue weighted by Crippen LogP contribution is 2.21. The van der Waals surface area contributed by atoms with Gasteiger partial charge in [0.1, 0.15) is 0 Å². The Morgan fingerprint density at radius 2 is 2.12 bits per heavy atom. The number of ketones is 1. The standard InChI is InChI=1S/C18H17N3O4/c22-15(16-6-3-8-25-16)10-12-11-24-9-7-21(12)18(23)17-13-4-1-2-5-14(13)19-20-17/h1-6,8,12H,7,9-11H2,(H,19,20). The van der Waals surface area contributed by atoms with Crippen LogP contribution in [0.15, 0.2) is 47.1 Å². The molecule has 128 valence electrons. The number of benzene rings is 1. The van der Waals surface area contributed by atoms with E-state index in [4.69, 9.17) is 9.15 Å². The minimum absolute atomic E-state index is 0.148. The number of para-hydroxylation sites is 1. The number of furan rings is 1. The van der Waals surface area contributed by atoms with E-state index in [1.165, 1.54) is 6.26 Å². The summed E-state index contributed by atoms with van der Waals surface area (Å²) in [5.41, 5.74) is 1.18. The second-order valence-corrected chi connectivity index (χ2v) is 5.95. The lowest BCUT2D eigenvalue weighted by Crippen LogP contribution is -2.49. The first-order valence-corrected chi connectivity index (χ1v) is 8.12. The van der Waals surface area contributed by atoms with Crippen molar-refractivity contribution in [3.8, 4) is 0 Å². The summed E-state index contributed by atoms with van der Waals surface area (Å²) in [6.45, 7) is 1.19. The first-order valence-electron chi connectivity index (χ1n) is 8.12. The molecule has 1 atom stereocenters. The zero-order chi connectivity index (χ0) is 17.2. The number of aromatic amines is 1. The SMILES string of the molecule is O=C(CC1COCCN1C(=O)c1n[nH]c2ccccc12)c1ccco1. The van der Waals surface area contributed by atoms with Crippen molar-refractivity contribution in [1.82, 2.24) is 15.1 Å². The quantitative estimate of drug-likeness (QED) is 0.737. The van der Waals surface area contributed by atoms with Crippen LogP contribution in [0.1, 0.15) is 27.5 Å². The summed E-state index contributed by atoms with van der Waals surface area (Å²) in [6.07, 6.45) is 1.62. The van der Waals surface area contributed by atoms with Crippen molar-refractivity contribution < 1.29 is 18.7 Å². The highest BCUT2D eigenvalue weighted by atomic mass is 16.5. The maximum Gasteiger partial charge on any atom is 0.275 e. The Kier molecular flexibility index (Phi) is 4.07. The van der Waals surface area contributed by atoms with Crippen molar-refractivity contribution in [2.75, 3.05) is 19.8 Å². The van der Waals surface area contributed by atoms with Crippen molar-refractivity contribution in [3.63, 3.8) is 0 Å². The van der Waals surface area contributed by atoms with Crippen molar-refractivity contribution in [2.24, 2.45) is 0 Å². The second-order valence-electron chi connectivity index (χ2n) is 5.95. The van der Waals surface area contributed by atoms with E-state index in [2.05, 4.69) is 10.2 Å². The molecule has 1 aliphatic rings. The molecule has 1 saturated heterocycles. The topological polar surface area (TPSA) is 88.4 Å². The lowest BCUT2D eigenvalue weighted by molar-refractivity contribution is -0.00323. The fourth-order valence-electron chi connectivity index (χ4n) is 3.11. The third-order valence-corrected chi connectivity index (χ3v) is 4.38. The highest BCUT2D eigenvalue weighted by molar-refractivity contribution is 6.05.